The summed E-state index contributed by atoms with van der Waals surface area (Å²) in [5.74, 6) is 0.0485. The molecular formula is C13H10BrClFN3S. The number of fused-ring (bicyclic) bond motifs is 1. The second kappa shape index (κ2) is 5.35. The fourth-order valence-corrected chi connectivity index (χ4v) is 3.49. The number of hydrogen-bond donors (Lipinski definition) is 1. The molecule has 0 amide bonds. The maximum absolute atomic E-state index is 13.5. The van der Waals surface area contributed by atoms with E-state index < -0.39 is 0 Å². The maximum Gasteiger partial charge on any atom is 0.201 e. The van der Waals surface area contributed by atoms with Gasteiger partial charge in [0, 0.05) is 17.5 Å². The van der Waals surface area contributed by atoms with Crippen LogP contribution in [0.5, 0.6) is 0 Å². The first-order chi connectivity index (χ1) is 9.54. The van der Waals surface area contributed by atoms with Crippen molar-refractivity contribution in [3.05, 3.63) is 43.8 Å². The Kier molecular flexibility index (Phi) is 3.70. The summed E-state index contributed by atoms with van der Waals surface area (Å²) < 4.78 is 16.6. The van der Waals surface area contributed by atoms with Crippen LogP contribution in [0.2, 0.25) is 4.34 Å². The molecule has 20 heavy (non-hydrogen) atoms. The normalized spacial score (nSPS) is 11.3. The van der Waals surface area contributed by atoms with Crippen LogP contribution >= 0.6 is 38.9 Å². The van der Waals surface area contributed by atoms with Crippen molar-refractivity contribution in [2.24, 2.45) is 0 Å². The molecule has 0 unspecified atom stereocenters. The van der Waals surface area contributed by atoms with Gasteiger partial charge in [-0.1, -0.05) is 11.6 Å². The SMILES string of the molecule is Nc1nc2cc(F)c(Br)cc2n1CCc1ccc(Cl)s1. The zero-order valence-electron chi connectivity index (χ0n) is 10.2. The van der Waals surface area contributed by atoms with Crippen LogP contribution in [0.4, 0.5) is 10.3 Å². The summed E-state index contributed by atoms with van der Waals surface area (Å²) in [6, 6.07) is 6.96. The van der Waals surface area contributed by atoms with Crippen molar-refractivity contribution in [3.8, 4) is 0 Å². The third-order valence-corrected chi connectivity index (χ3v) is 4.93. The monoisotopic (exact) mass is 373 g/mol. The zero-order chi connectivity index (χ0) is 14.3. The predicted molar refractivity (Wildman–Crippen MR) is 84.8 cm³/mol. The van der Waals surface area contributed by atoms with Crippen molar-refractivity contribution in [2.45, 2.75) is 13.0 Å². The molecule has 0 bridgehead atoms. The van der Waals surface area contributed by atoms with Crippen LogP contribution in [0.1, 0.15) is 4.88 Å². The van der Waals surface area contributed by atoms with Crippen molar-refractivity contribution in [3.63, 3.8) is 0 Å². The van der Waals surface area contributed by atoms with Crippen LogP contribution < -0.4 is 5.73 Å². The fraction of sp³-hybridized carbons (Fsp3) is 0.154. The Hall–Kier alpha value is -1.11. The Morgan fingerprint density at radius 3 is 2.90 bits per heavy atom. The second-order valence-electron chi connectivity index (χ2n) is 4.33. The predicted octanol–water partition coefficient (Wildman–Crippen LogP) is 4.48. The lowest BCUT2D eigenvalue weighted by atomic mass is 10.3. The lowest BCUT2D eigenvalue weighted by Crippen LogP contribution is -2.05. The lowest BCUT2D eigenvalue weighted by Gasteiger charge is -2.05. The number of nitrogens with zero attached hydrogens (tertiary/aromatic N) is 2. The number of halogens is 3. The van der Waals surface area contributed by atoms with Crippen molar-refractivity contribution in [2.75, 3.05) is 5.73 Å². The minimum Gasteiger partial charge on any atom is -0.369 e. The molecule has 2 heterocycles. The highest BCUT2D eigenvalue weighted by Gasteiger charge is 2.12. The number of anilines is 1. The first kappa shape index (κ1) is 13.9. The molecule has 0 atom stereocenters. The number of nitrogen functional groups attached to an aromatic ring is 1. The Labute approximate surface area is 132 Å². The summed E-state index contributed by atoms with van der Waals surface area (Å²) in [6.45, 7) is 0.678. The van der Waals surface area contributed by atoms with Gasteiger partial charge < -0.3 is 10.3 Å². The molecule has 2 aromatic heterocycles. The van der Waals surface area contributed by atoms with E-state index >= 15 is 0 Å². The molecule has 0 radical (unpaired) electrons. The van der Waals surface area contributed by atoms with Crippen molar-refractivity contribution < 1.29 is 4.39 Å². The molecule has 0 aliphatic heterocycles. The molecule has 7 heteroatoms. The van der Waals surface area contributed by atoms with Crippen LogP contribution in [-0.2, 0) is 13.0 Å². The van der Waals surface area contributed by atoms with Gasteiger partial charge in [-0.05, 0) is 40.5 Å². The van der Waals surface area contributed by atoms with E-state index in [0.29, 0.717) is 22.5 Å². The van der Waals surface area contributed by atoms with Gasteiger partial charge in [-0.25, -0.2) is 9.37 Å². The summed E-state index contributed by atoms with van der Waals surface area (Å²) in [4.78, 5) is 5.37. The fourth-order valence-electron chi connectivity index (χ4n) is 2.08. The Bertz CT molecular complexity index is 783. The summed E-state index contributed by atoms with van der Waals surface area (Å²) in [6.07, 6.45) is 0.808. The molecule has 0 aliphatic carbocycles. The summed E-state index contributed by atoms with van der Waals surface area (Å²) >= 11 is 10.6. The van der Waals surface area contributed by atoms with Gasteiger partial charge >= 0.3 is 0 Å². The lowest BCUT2D eigenvalue weighted by molar-refractivity contribution is 0.622. The molecule has 104 valence electrons. The Morgan fingerprint density at radius 2 is 2.20 bits per heavy atom. The topological polar surface area (TPSA) is 43.8 Å². The number of thiophene rings is 1. The van der Waals surface area contributed by atoms with Gasteiger partial charge in [-0.15, -0.1) is 11.3 Å². The van der Waals surface area contributed by atoms with Gasteiger partial charge in [0.15, 0.2) is 0 Å². The molecule has 0 saturated heterocycles. The summed E-state index contributed by atoms with van der Waals surface area (Å²) in [7, 11) is 0. The van der Waals surface area contributed by atoms with E-state index in [0.717, 1.165) is 16.3 Å². The number of nitrogens with two attached hydrogens (primary N) is 1. The first-order valence-electron chi connectivity index (χ1n) is 5.89. The summed E-state index contributed by atoms with van der Waals surface area (Å²) in [5, 5.41) is 0. The maximum atomic E-state index is 13.5. The zero-order valence-corrected chi connectivity index (χ0v) is 13.4. The smallest absolute Gasteiger partial charge is 0.201 e. The molecule has 0 aliphatic rings. The Balaban J connectivity index is 1.94. The molecule has 3 rings (SSSR count). The van der Waals surface area contributed by atoms with E-state index in [9.17, 15) is 4.39 Å². The third kappa shape index (κ3) is 2.55. The molecule has 2 N–H and O–H groups in total. The average Bonchev–Trinajstić information content (AvgIpc) is 2.92. The van der Waals surface area contributed by atoms with Gasteiger partial charge in [0.05, 0.1) is 19.8 Å². The van der Waals surface area contributed by atoms with Gasteiger partial charge in [0.25, 0.3) is 0 Å². The van der Waals surface area contributed by atoms with Crippen LogP contribution in [0, 0.1) is 5.82 Å². The van der Waals surface area contributed by atoms with Crippen molar-refractivity contribution >= 4 is 55.8 Å². The van der Waals surface area contributed by atoms with Gasteiger partial charge in [-0.3, -0.25) is 0 Å². The molecule has 0 saturated carbocycles. The molecule has 0 spiro atoms. The number of benzene rings is 1. The van der Waals surface area contributed by atoms with E-state index in [4.69, 9.17) is 17.3 Å². The first-order valence-corrected chi connectivity index (χ1v) is 7.88. The number of rotatable bonds is 3. The Morgan fingerprint density at radius 1 is 1.40 bits per heavy atom. The van der Waals surface area contributed by atoms with E-state index in [1.165, 1.54) is 10.9 Å². The highest BCUT2D eigenvalue weighted by atomic mass is 79.9. The van der Waals surface area contributed by atoms with E-state index in [1.807, 2.05) is 16.7 Å². The highest BCUT2D eigenvalue weighted by Crippen LogP contribution is 2.27. The standard InChI is InChI=1S/C13H10BrClFN3S/c14-8-5-11-10(6-9(8)16)18-13(17)19(11)4-3-7-1-2-12(15)20-7/h1-2,5-6H,3-4H2,(H2,17,18). The quantitative estimate of drug-likeness (QED) is 0.734. The number of hydrogen-bond acceptors (Lipinski definition) is 3. The van der Waals surface area contributed by atoms with Gasteiger partial charge in [0.2, 0.25) is 5.95 Å². The minimum atomic E-state index is -0.341. The second-order valence-corrected chi connectivity index (χ2v) is 6.99. The van der Waals surface area contributed by atoms with Crippen molar-refractivity contribution in [1.82, 2.24) is 9.55 Å². The third-order valence-electron chi connectivity index (χ3n) is 3.03. The largest absolute Gasteiger partial charge is 0.369 e. The van der Waals surface area contributed by atoms with Crippen LogP contribution in [0.15, 0.2) is 28.7 Å². The number of aryl methyl sites for hydroxylation is 2. The molecule has 3 aromatic rings. The molecule has 3 nitrogen and oxygen atoms in total. The van der Waals surface area contributed by atoms with Crippen LogP contribution in [0.25, 0.3) is 11.0 Å². The molecular weight excluding hydrogens is 365 g/mol. The van der Waals surface area contributed by atoms with Crippen molar-refractivity contribution in [1.29, 1.82) is 0 Å². The van der Waals surface area contributed by atoms with Gasteiger partial charge in [0.1, 0.15) is 5.82 Å². The van der Waals surface area contributed by atoms with E-state index in [-0.39, 0.29) is 5.82 Å². The van der Waals surface area contributed by atoms with Crippen LogP contribution in [0.3, 0.4) is 0 Å². The number of imidazole rings is 1. The van der Waals surface area contributed by atoms with Crippen LogP contribution in [-0.4, -0.2) is 9.55 Å². The minimum absolute atomic E-state index is 0.341. The van der Waals surface area contributed by atoms with E-state index in [2.05, 4.69) is 20.9 Å². The number of aromatic nitrogens is 2. The van der Waals surface area contributed by atoms with Gasteiger partial charge in [-0.2, -0.15) is 0 Å². The average molecular weight is 375 g/mol. The summed E-state index contributed by atoms with van der Waals surface area (Å²) in [5.41, 5.74) is 7.29. The molecule has 1 aromatic carbocycles. The highest BCUT2D eigenvalue weighted by molar-refractivity contribution is 9.10. The molecule has 0 fully saturated rings. The van der Waals surface area contributed by atoms with E-state index in [1.54, 1.807) is 17.4 Å².